The van der Waals surface area contributed by atoms with Crippen LogP contribution in [0.15, 0.2) is 54.7 Å². The summed E-state index contributed by atoms with van der Waals surface area (Å²) in [7, 11) is 1.60. The molecule has 0 aliphatic heterocycles. The maximum atomic E-state index is 13.2. The minimum Gasteiger partial charge on any atom is -0.497 e. The summed E-state index contributed by atoms with van der Waals surface area (Å²) in [4.78, 5) is 12.7. The quantitative estimate of drug-likeness (QED) is 0.644. The number of amides is 1. The number of methoxy groups -OCH3 is 1. The fourth-order valence-corrected chi connectivity index (χ4v) is 2.57. The van der Waals surface area contributed by atoms with Crippen LogP contribution >= 0.6 is 0 Å². The van der Waals surface area contributed by atoms with E-state index in [0.717, 1.165) is 17.7 Å². The lowest BCUT2D eigenvalue weighted by atomic mass is 10.2. The van der Waals surface area contributed by atoms with Gasteiger partial charge in [-0.2, -0.15) is 5.10 Å². The van der Waals surface area contributed by atoms with E-state index in [1.54, 1.807) is 25.4 Å². The van der Waals surface area contributed by atoms with E-state index in [1.807, 2.05) is 31.2 Å². The van der Waals surface area contributed by atoms with Gasteiger partial charge < -0.3 is 14.8 Å². The summed E-state index contributed by atoms with van der Waals surface area (Å²) in [5.41, 5.74) is 1.76. The van der Waals surface area contributed by atoms with E-state index in [2.05, 4.69) is 10.4 Å². The summed E-state index contributed by atoms with van der Waals surface area (Å²) >= 11 is 0. The molecule has 1 amide bonds. The second-order valence-electron chi connectivity index (χ2n) is 6.14. The van der Waals surface area contributed by atoms with Gasteiger partial charge in [0.15, 0.2) is 11.4 Å². The van der Waals surface area contributed by atoms with Gasteiger partial charge in [0, 0.05) is 6.54 Å². The predicted octanol–water partition coefficient (Wildman–Crippen LogP) is 3.74. The first-order valence-electron chi connectivity index (χ1n) is 9.00. The van der Waals surface area contributed by atoms with Crippen molar-refractivity contribution < 1.29 is 18.7 Å². The zero-order valence-electron chi connectivity index (χ0n) is 15.8. The first-order valence-corrected chi connectivity index (χ1v) is 9.00. The van der Waals surface area contributed by atoms with E-state index in [0.29, 0.717) is 24.6 Å². The van der Waals surface area contributed by atoms with Crippen LogP contribution in [-0.4, -0.2) is 29.4 Å². The number of carbonyl (C=O) groups excluding carboxylic acids is 1. The van der Waals surface area contributed by atoms with Crippen molar-refractivity contribution in [3.05, 3.63) is 71.8 Å². The summed E-state index contributed by atoms with van der Waals surface area (Å²) in [6, 6.07) is 13.3. The van der Waals surface area contributed by atoms with E-state index in [1.165, 1.54) is 16.8 Å². The summed E-state index contributed by atoms with van der Waals surface area (Å²) in [6.45, 7) is 2.79. The fourth-order valence-electron chi connectivity index (χ4n) is 2.57. The fraction of sp³-hybridized carbons (Fsp3) is 0.238. The molecule has 0 saturated heterocycles. The van der Waals surface area contributed by atoms with Crippen LogP contribution in [0.1, 0.15) is 29.4 Å². The smallest absolute Gasteiger partial charge is 0.275 e. The third-order valence-electron chi connectivity index (χ3n) is 4.06. The Balaban J connectivity index is 1.77. The summed E-state index contributed by atoms with van der Waals surface area (Å²) in [5.74, 6) is 0.459. The molecule has 0 saturated carbocycles. The molecule has 146 valence electrons. The number of aromatic nitrogens is 2. The van der Waals surface area contributed by atoms with Crippen LogP contribution in [0.2, 0.25) is 0 Å². The molecule has 0 bridgehead atoms. The Morgan fingerprint density at radius 1 is 1.14 bits per heavy atom. The van der Waals surface area contributed by atoms with Crippen molar-refractivity contribution in [2.45, 2.75) is 19.9 Å². The lowest BCUT2D eigenvalue weighted by Crippen LogP contribution is -2.24. The van der Waals surface area contributed by atoms with Crippen molar-refractivity contribution in [1.29, 1.82) is 0 Å². The number of ether oxygens (including phenoxy) is 2. The number of nitrogens with zero attached hydrogens (tertiary/aromatic N) is 2. The highest BCUT2D eigenvalue weighted by Gasteiger charge is 2.19. The number of halogens is 1. The SMILES string of the molecule is CCCOc1cn(-c2ccc(F)cc2)nc1C(=O)NCc1ccc(OC)cc1. The Hall–Kier alpha value is -3.35. The topological polar surface area (TPSA) is 65.4 Å². The van der Waals surface area contributed by atoms with Crippen LogP contribution in [0.3, 0.4) is 0 Å². The normalized spacial score (nSPS) is 10.5. The average molecular weight is 383 g/mol. The first-order chi connectivity index (χ1) is 13.6. The Bertz CT molecular complexity index is 921. The molecule has 0 atom stereocenters. The molecule has 6 nitrogen and oxygen atoms in total. The highest BCUT2D eigenvalue weighted by molar-refractivity contribution is 5.94. The van der Waals surface area contributed by atoms with Crippen LogP contribution in [-0.2, 0) is 6.54 Å². The summed E-state index contributed by atoms with van der Waals surface area (Å²) in [5, 5.41) is 7.19. The number of hydrogen-bond acceptors (Lipinski definition) is 4. The molecule has 3 aromatic rings. The van der Waals surface area contributed by atoms with Crippen LogP contribution in [0.4, 0.5) is 4.39 Å². The van der Waals surface area contributed by atoms with Gasteiger partial charge in [0.05, 0.1) is 25.6 Å². The highest BCUT2D eigenvalue weighted by Crippen LogP contribution is 2.21. The third-order valence-corrected chi connectivity index (χ3v) is 4.06. The van der Waals surface area contributed by atoms with Crippen molar-refractivity contribution >= 4 is 5.91 Å². The number of hydrogen-bond donors (Lipinski definition) is 1. The zero-order valence-corrected chi connectivity index (χ0v) is 15.8. The highest BCUT2D eigenvalue weighted by atomic mass is 19.1. The van der Waals surface area contributed by atoms with E-state index in [4.69, 9.17) is 9.47 Å². The zero-order chi connectivity index (χ0) is 19.9. The van der Waals surface area contributed by atoms with Gasteiger partial charge in [-0.3, -0.25) is 4.79 Å². The molecule has 0 spiro atoms. The lowest BCUT2D eigenvalue weighted by Gasteiger charge is -2.07. The number of carbonyl (C=O) groups is 1. The maximum absolute atomic E-state index is 13.2. The van der Waals surface area contributed by atoms with Gasteiger partial charge in [-0.1, -0.05) is 19.1 Å². The molecule has 0 aliphatic rings. The number of nitrogens with one attached hydrogen (secondary N) is 1. The van der Waals surface area contributed by atoms with Crippen molar-refractivity contribution in [1.82, 2.24) is 15.1 Å². The molecular weight excluding hydrogens is 361 g/mol. The van der Waals surface area contributed by atoms with Gasteiger partial charge in [0.25, 0.3) is 5.91 Å². The van der Waals surface area contributed by atoms with Gasteiger partial charge >= 0.3 is 0 Å². The van der Waals surface area contributed by atoms with E-state index >= 15 is 0 Å². The van der Waals surface area contributed by atoms with Crippen molar-refractivity contribution in [3.8, 4) is 17.2 Å². The molecule has 7 heteroatoms. The number of rotatable bonds is 8. The van der Waals surface area contributed by atoms with E-state index in [-0.39, 0.29) is 17.4 Å². The standard InChI is InChI=1S/C21H22FN3O3/c1-3-12-28-19-14-25(17-8-6-16(22)7-9-17)24-20(19)21(26)23-13-15-4-10-18(27-2)11-5-15/h4-11,14H,3,12-13H2,1-2H3,(H,23,26). The van der Waals surface area contributed by atoms with Crippen LogP contribution in [0.5, 0.6) is 11.5 Å². The van der Waals surface area contributed by atoms with Gasteiger partial charge in [-0.15, -0.1) is 0 Å². The Morgan fingerprint density at radius 3 is 2.50 bits per heavy atom. The predicted molar refractivity (Wildman–Crippen MR) is 103 cm³/mol. The molecule has 28 heavy (non-hydrogen) atoms. The van der Waals surface area contributed by atoms with Crippen LogP contribution < -0.4 is 14.8 Å². The average Bonchev–Trinajstić information content (AvgIpc) is 3.15. The second-order valence-corrected chi connectivity index (χ2v) is 6.14. The minimum atomic E-state index is -0.345. The molecule has 0 aliphatic carbocycles. The van der Waals surface area contributed by atoms with E-state index in [9.17, 15) is 9.18 Å². The molecule has 0 radical (unpaired) electrons. The van der Waals surface area contributed by atoms with Crippen LogP contribution in [0.25, 0.3) is 5.69 Å². The molecule has 0 unspecified atom stereocenters. The lowest BCUT2D eigenvalue weighted by molar-refractivity contribution is 0.0941. The summed E-state index contributed by atoms with van der Waals surface area (Å²) < 4.78 is 25.5. The molecular formula is C21H22FN3O3. The summed E-state index contributed by atoms with van der Waals surface area (Å²) in [6.07, 6.45) is 2.43. The molecule has 1 aromatic heterocycles. The Labute approximate surface area is 162 Å². The maximum Gasteiger partial charge on any atom is 0.275 e. The van der Waals surface area contributed by atoms with Gasteiger partial charge in [-0.05, 0) is 48.4 Å². The molecule has 1 N–H and O–H groups in total. The molecule has 3 rings (SSSR count). The van der Waals surface area contributed by atoms with Crippen molar-refractivity contribution in [2.24, 2.45) is 0 Å². The third kappa shape index (κ3) is 4.68. The largest absolute Gasteiger partial charge is 0.497 e. The monoisotopic (exact) mass is 383 g/mol. The van der Waals surface area contributed by atoms with Gasteiger partial charge in [-0.25, -0.2) is 9.07 Å². The Morgan fingerprint density at radius 2 is 1.86 bits per heavy atom. The van der Waals surface area contributed by atoms with E-state index < -0.39 is 0 Å². The molecule has 2 aromatic carbocycles. The van der Waals surface area contributed by atoms with Gasteiger partial charge in [0.2, 0.25) is 0 Å². The second kappa shape index (κ2) is 9.03. The van der Waals surface area contributed by atoms with Crippen molar-refractivity contribution in [3.63, 3.8) is 0 Å². The molecule has 0 fully saturated rings. The van der Waals surface area contributed by atoms with Crippen LogP contribution in [0, 0.1) is 5.82 Å². The van der Waals surface area contributed by atoms with Gasteiger partial charge in [0.1, 0.15) is 11.6 Å². The molecule has 1 heterocycles. The first kappa shape index (κ1) is 19.4. The number of benzene rings is 2. The Kier molecular flexibility index (Phi) is 6.26. The minimum absolute atomic E-state index is 0.186. The van der Waals surface area contributed by atoms with Crippen molar-refractivity contribution in [2.75, 3.05) is 13.7 Å².